The van der Waals surface area contributed by atoms with Gasteiger partial charge in [-0.05, 0) is 46.2 Å². The van der Waals surface area contributed by atoms with Crippen LogP contribution in [-0.2, 0) is 21.4 Å². The molecule has 232 valence electrons. The third kappa shape index (κ3) is 5.96. The van der Waals surface area contributed by atoms with Crippen LogP contribution < -0.4 is 10.5 Å². The first-order chi connectivity index (χ1) is 20.0. The highest BCUT2D eigenvalue weighted by molar-refractivity contribution is 7.89. The molecule has 0 saturated heterocycles. The minimum absolute atomic E-state index is 0.0787. The number of aryl methyl sites for hydroxylation is 3. The number of carboxylic acids is 1. The van der Waals surface area contributed by atoms with Gasteiger partial charge in [0.1, 0.15) is 35.1 Å². The van der Waals surface area contributed by atoms with E-state index in [0.717, 1.165) is 11.1 Å². The molecule has 5 rings (SSSR count). The van der Waals surface area contributed by atoms with Crippen molar-refractivity contribution in [3.8, 4) is 5.75 Å². The Hall–Kier alpha value is -3.96. The Kier molecular flexibility index (Phi) is 8.63. The lowest BCUT2D eigenvalue weighted by molar-refractivity contribution is -0.192. The smallest absolute Gasteiger partial charge is 0.490 e. The average Bonchev–Trinajstić information content (AvgIpc) is 3.34. The maximum Gasteiger partial charge on any atom is 0.490 e. The highest BCUT2D eigenvalue weighted by Gasteiger charge is 2.38. The predicted molar refractivity (Wildman–Crippen MR) is 147 cm³/mol. The van der Waals surface area contributed by atoms with Crippen molar-refractivity contribution in [1.82, 2.24) is 29.2 Å². The standard InChI is InChI=1S/C23H26ClN7O4S.C2HF3O2/c1-11-17-9-30(36(32,33)21-13(3)29-35-15(21)5)6-7-34-20(17)16(8-18(11)24)14(4)31-23-19(12(2)28-31)22(25)26-10-27-23;3-2(4,5)1(6)7/h8,10,14H,6-7,9H2,1-5H3,(H2,25,26,27);(H,6,7). The summed E-state index contributed by atoms with van der Waals surface area (Å²) in [6.45, 7) is 9.25. The normalized spacial score (nSPS) is 14.8. The first-order valence-corrected chi connectivity index (χ1v) is 14.4. The van der Waals surface area contributed by atoms with E-state index in [1.165, 1.54) is 10.6 Å². The molecule has 43 heavy (non-hydrogen) atoms. The van der Waals surface area contributed by atoms with Gasteiger partial charge < -0.3 is 20.1 Å². The summed E-state index contributed by atoms with van der Waals surface area (Å²) in [6, 6.07) is 1.50. The molecule has 13 nitrogen and oxygen atoms in total. The average molecular weight is 646 g/mol. The van der Waals surface area contributed by atoms with Gasteiger partial charge in [0.15, 0.2) is 11.4 Å². The van der Waals surface area contributed by atoms with Crippen molar-refractivity contribution in [2.75, 3.05) is 18.9 Å². The SMILES string of the molecule is Cc1noc(C)c1S(=O)(=O)N1CCOc2c(C(C)n3nc(C)c4c(N)ncnc43)cc(Cl)c(C)c2C1.O=C(O)C(F)(F)F. The van der Waals surface area contributed by atoms with E-state index in [-0.39, 0.29) is 36.4 Å². The van der Waals surface area contributed by atoms with Crippen LogP contribution >= 0.6 is 11.6 Å². The van der Waals surface area contributed by atoms with Crippen LogP contribution in [0.5, 0.6) is 5.75 Å². The van der Waals surface area contributed by atoms with Crippen LogP contribution in [-0.4, -0.2) is 68.0 Å². The molecule has 3 aromatic heterocycles. The molecule has 0 bridgehead atoms. The Bertz CT molecular complexity index is 1800. The molecule has 0 aliphatic carbocycles. The number of rotatable bonds is 4. The Balaban J connectivity index is 0.000000541. The van der Waals surface area contributed by atoms with Crippen molar-refractivity contribution in [3.05, 3.63) is 51.3 Å². The predicted octanol–water partition coefficient (Wildman–Crippen LogP) is 4.11. The number of alkyl halides is 3. The van der Waals surface area contributed by atoms with E-state index in [0.29, 0.717) is 44.6 Å². The summed E-state index contributed by atoms with van der Waals surface area (Å²) < 4.78 is 73.3. The van der Waals surface area contributed by atoms with Gasteiger partial charge in [0, 0.05) is 29.2 Å². The zero-order valence-electron chi connectivity index (χ0n) is 23.5. The third-order valence-electron chi connectivity index (χ3n) is 6.87. The lowest BCUT2D eigenvalue weighted by Gasteiger charge is -2.23. The number of halogens is 4. The summed E-state index contributed by atoms with van der Waals surface area (Å²) in [4.78, 5) is 17.5. The third-order valence-corrected chi connectivity index (χ3v) is 9.35. The Morgan fingerprint density at radius 1 is 1.19 bits per heavy atom. The van der Waals surface area contributed by atoms with Gasteiger partial charge in [0.25, 0.3) is 0 Å². The number of nitrogens with zero attached hydrogens (tertiary/aromatic N) is 6. The van der Waals surface area contributed by atoms with Gasteiger partial charge in [-0.15, -0.1) is 0 Å². The van der Waals surface area contributed by atoms with Gasteiger partial charge in [0.05, 0.1) is 17.1 Å². The summed E-state index contributed by atoms with van der Waals surface area (Å²) in [5.74, 6) is -1.57. The van der Waals surface area contributed by atoms with Gasteiger partial charge in [-0.3, -0.25) is 0 Å². The van der Waals surface area contributed by atoms with Crippen molar-refractivity contribution in [2.45, 2.75) is 58.3 Å². The summed E-state index contributed by atoms with van der Waals surface area (Å²) >= 11 is 6.67. The maximum absolute atomic E-state index is 13.6. The molecule has 1 unspecified atom stereocenters. The van der Waals surface area contributed by atoms with E-state index in [1.54, 1.807) is 18.5 Å². The van der Waals surface area contributed by atoms with Crippen LogP contribution in [0.25, 0.3) is 11.0 Å². The van der Waals surface area contributed by atoms with Gasteiger partial charge in [-0.2, -0.15) is 22.6 Å². The van der Waals surface area contributed by atoms with Crippen LogP contribution in [0, 0.1) is 27.7 Å². The molecular formula is C25H27ClF3N7O6S. The lowest BCUT2D eigenvalue weighted by Crippen LogP contribution is -2.33. The first kappa shape index (κ1) is 32.0. The zero-order chi connectivity index (χ0) is 32.0. The fourth-order valence-corrected chi connectivity index (χ4v) is 6.64. The number of ether oxygens (including phenoxy) is 1. The number of nitrogens with two attached hydrogens (primary N) is 1. The zero-order valence-corrected chi connectivity index (χ0v) is 25.1. The summed E-state index contributed by atoms with van der Waals surface area (Å²) in [7, 11) is -3.89. The second-order valence-electron chi connectivity index (χ2n) is 9.69. The van der Waals surface area contributed by atoms with Crippen LogP contribution in [0.1, 0.15) is 46.8 Å². The second-order valence-corrected chi connectivity index (χ2v) is 12.0. The lowest BCUT2D eigenvalue weighted by atomic mass is 9.98. The number of aromatic nitrogens is 5. The number of anilines is 1. The molecule has 18 heteroatoms. The fourth-order valence-electron chi connectivity index (χ4n) is 4.72. The van der Waals surface area contributed by atoms with Crippen molar-refractivity contribution >= 4 is 44.4 Å². The van der Waals surface area contributed by atoms with Crippen LogP contribution in [0.15, 0.2) is 21.8 Å². The number of hydrogen-bond donors (Lipinski definition) is 2. The molecule has 0 radical (unpaired) electrons. The highest BCUT2D eigenvalue weighted by atomic mass is 35.5. The summed E-state index contributed by atoms with van der Waals surface area (Å²) in [6.07, 6.45) is -3.68. The van der Waals surface area contributed by atoms with Gasteiger partial charge in [-0.25, -0.2) is 27.9 Å². The molecule has 1 aliphatic rings. The summed E-state index contributed by atoms with van der Waals surface area (Å²) in [5, 5.41) is 16.8. The number of nitrogen functional groups attached to an aromatic ring is 1. The van der Waals surface area contributed by atoms with Crippen LogP contribution in [0.3, 0.4) is 0 Å². The molecule has 1 aromatic carbocycles. The van der Waals surface area contributed by atoms with Crippen molar-refractivity contribution < 1.29 is 40.8 Å². The van der Waals surface area contributed by atoms with Crippen molar-refractivity contribution in [2.24, 2.45) is 0 Å². The van der Waals surface area contributed by atoms with Gasteiger partial charge >= 0.3 is 12.1 Å². The molecular weight excluding hydrogens is 619 g/mol. The minimum Gasteiger partial charge on any atom is -0.491 e. The molecule has 0 saturated carbocycles. The number of carbonyl (C=O) groups is 1. The van der Waals surface area contributed by atoms with Crippen molar-refractivity contribution in [1.29, 1.82) is 0 Å². The fraction of sp³-hybridized carbons (Fsp3) is 0.400. The Morgan fingerprint density at radius 2 is 1.84 bits per heavy atom. The Morgan fingerprint density at radius 3 is 2.42 bits per heavy atom. The van der Waals surface area contributed by atoms with E-state index < -0.39 is 22.2 Å². The van der Waals surface area contributed by atoms with E-state index in [1.807, 2.05) is 26.8 Å². The largest absolute Gasteiger partial charge is 0.491 e. The number of fused-ring (bicyclic) bond motifs is 2. The molecule has 0 amide bonds. The molecule has 1 atom stereocenters. The molecule has 4 aromatic rings. The number of sulfonamides is 1. The molecule has 4 heterocycles. The first-order valence-electron chi connectivity index (χ1n) is 12.6. The Labute approximate surface area is 248 Å². The quantitative estimate of drug-likeness (QED) is 0.326. The number of benzene rings is 1. The van der Waals surface area contributed by atoms with E-state index in [9.17, 15) is 21.6 Å². The minimum atomic E-state index is -5.08. The number of aliphatic carboxylic acids is 1. The van der Waals surface area contributed by atoms with Gasteiger partial charge in [-0.1, -0.05) is 16.8 Å². The van der Waals surface area contributed by atoms with Crippen LogP contribution in [0.4, 0.5) is 19.0 Å². The molecule has 3 N–H and O–H groups in total. The van der Waals surface area contributed by atoms with Gasteiger partial charge in [0.2, 0.25) is 10.0 Å². The summed E-state index contributed by atoms with van der Waals surface area (Å²) in [5.41, 5.74) is 9.90. The second kappa shape index (κ2) is 11.6. The van der Waals surface area contributed by atoms with Crippen LogP contribution in [0.2, 0.25) is 5.02 Å². The maximum atomic E-state index is 13.6. The molecule has 1 aliphatic heterocycles. The van der Waals surface area contributed by atoms with Crippen molar-refractivity contribution in [3.63, 3.8) is 0 Å². The van der Waals surface area contributed by atoms with E-state index in [2.05, 4.69) is 20.2 Å². The number of carboxylic acid groups (broad SMARTS) is 1. The topological polar surface area (TPSA) is 180 Å². The molecule has 0 fully saturated rings. The molecule has 0 spiro atoms. The monoisotopic (exact) mass is 645 g/mol. The highest BCUT2D eigenvalue weighted by Crippen LogP contribution is 2.41. The van der Waals surface area contributed by atoms with E-state index >= 15 is 0 Å². The van der Waals surface area contributed by atoms with E-state index in [4.69, 9.17) is 36.5 Å². The number of hydrogen-bond acceptors (Lipinski definition) is 10.